The van der Waals surface area contributed by atoms with Gasteiger partial charge in [0.05, 0.1) is 11.1 Å². The summed E-state index contributed by atoms with van der Waals surface area (Å²) in [5.74, 6) is -0.232. The van der Waals surface area contributed by atoms with Gasteiger partial charge < -0.3 is 4.90 Å². The average Bonchev–Trinajstić information content (AvgIpc) is 2.80. The number of hydrogen-bond acceptors (Lipinski definition) is 4. The smallest absolute Gasteiger partial charge is 0.279 e. The number of nitrogens with zero attached hydrogens (tertiary/aromatic N) is 3. The van der Waals surface area contributed by atoms with Gasteiger partial charge in [-0.15, -0.1) is 11.8 Å². The van der Waals surface area contributed by atoms with Crippen LogP contribution in [0.4, 0.5) is 0 Å². The molecule has 0 unspecified atom stereocenters. The Bertz CT molecular complexity index is 1250. The Kier molecular flexibility index (Phi) is 5.68. The molecule has 0 radical (unpaired) electrons. The fourth-order valence-corrected chi connectivity index (χ4v) is 3.76. The lowest BCUT2D eigenvalue weighted by atomic mass is 10.1. The van der Waals surface area contributed by atoms with Crippen LogP contribution in [-0.4, -0.2) is 33.9 Å². The quantitative estimate of drug-likeness (QED) is 0.454. The number of para-hydroxylation sites is 1. The number of aromatic nitrogens is 2. The van der Waals surface area contributed by atoms with Gasteiger partial charge in [-0.25, -0.2) is 0 Å². The van der Waals surface area contributed by atoms with E-state index in [1.54, 1.807) is 54.0 Å². The summed E-state index contributed by atoms with van der Waals surface area (Å²) < 4.78 is 1.30. The molecule has 1 heterocycles. The van der Waals surface area contributed by atoms with Crippen LogP contribution in [-0.2, 0) is 6.54 Å². The first kappa shape index (κ1) is 19.9. The number of amides is 1. The molecule has 0 aliphatic rings. The predicted molar refractivity (Wildman–Crippen MR) is 121 cm³/mol. The van der Waals surface area contributed by atoms with E-state index in [9.17, 15) is 9.59 Å². The third kappa shape index (κ3) is 3.86. The van der Waals surface area contributed by atoms with Crippen molar-refractivity contribution in [1.29, 1.82) is 0 Å². The summed E-state index contributed by atoms with van der Waals surface area (Å²) >= 11 is 1.68. The zero-order valence-corrected chi connectivity index (χ0v) is 17.6. The molecule has 0 aliphatic carbocycles. The molecule has 150 valence electrons. The third-order valence-corrected chi connectivity index (χ3v) is 5.68. The normalized spacial score (nSPS) is 10.9. The van der Waals surface area contributed by atoms with Crippen molar-refractivity contribution in [2.24, 2.45) is 0 Å². The summed E-state index contributed by atoms with van der Waals surface area (Å²) in [6, 6.07) is 24.4. The first-order chi connectivity index (χ1) is 14.6. The fraction of sp³-hybridized carbons (Fsp3) is 0.125. The van der Waals surface area contributed by atoms with E-state index in [1.807, 2.05) is 54.8 Å². The molecule has 1 amide bonds. The van der Waals surface area contributed by atoms with Gasteiger partial charge in [0.1, 0.15) is 0 Å². The van der Waals surface area contributed by atoms with Crippen molar-refractivity contribution in [1.82, 2.24) is 14.7 Å². The zero-order valence-electron chi connectivity index (χ0n) is 16.8. The van der Waals surface area contributed by atoms with Crippen molar-refractivity contribution in [3.8, 4) is 5.69 Å². The molecule has 0 atom stereocenters. The van der Waals surface area contributed by atoms with E-state index in [0.29, 0.717) is 23.0 Å². The SMILES string of the molecule is CSc1ccc(CN(C)C(=O)c2nn(-c3ccccc3)c(=O)c3ccccc23)cc1. The highest BCUT2D eigenvalue weighted by Crippen LogP contribution is 2.19. The molecule has 4 aromatic rings. The molecule has 5 nitrogen and oxygen atoms in total. The van der Waals surface area contributed by atoms with E-state index < -0.39 is 0 Å². The number of rotatable bonds is 5. The van der Waals surface area contributed by atoms with Crippen molar-refractivity contribution in [3.63, 3.8) is 0 Å². The van der Waals surface area contributed by atoms with Crippen molar-refractivity contribution in [2.45, 2.75) is 11.4 Å². The van der Waals surface area contributed by atoms with E-state index in [4.69, 9.17) is 0 Å². The van der Waals surface area contributed by atoms with Crippen LogP contribution in [0.25, 0.3) is 16.5 Å². The van der Waals surface area contributed by atoms with Crippen molar-refractivity contribution in [2.75, 3.05) is 13.3 Å². The fourth-order valence-electron chi connectivity index (χ4n) is 3.35. The van der Waals surface area contributed by atoms with Crippen LogP contribution in [0.2, 0.25) is 0 Å². The van der Waals surface area contributed by atoms with Crippen LogP contribution >= 0.6 is 11.8 Å². The minimum Gasteiger partial charge on any atom is -0.336 e. The van der Waals surface area contributed by atoms with Gasteiger partial charge in [0, 0.05) is 23.9 Å². The second-order valence-corrected chi connectivity index (χ2v) is 7.84. The maximum absolute atomic E-state index is 13.3. The van der Waals surface area contributed by atoms with Gasteiger partial charge in [0.25, 0.3) is 11.5 Å². The van der Waals surface area contributed by atoms with Crippen LogP contribution in [0.1, 0.15) is 16.1 Å². The van der Waals surface area contributed by atoms with Gasteiger partial charge in [0.15, 0.2) is 5.69 Å². The molecule has 3 aromatic carbocycles. The first-order valence-corrected chi connectivity index (χ1v) is 10.8. The monoisotopic (exact) mass is 415 g/mol. The largest absolute Gasteiger partial charge is 0.336 e. The summed E-state index contributed by atoms with van der Waals surface area (Å²) in [6.07, 6.45) is 2.03. The maximum Gasteiger partial charge on any atom is 0.279 e. The van der Waals surface area contributed by atoms with Gasteiger partial charge in [0.2, 0.25) is 0 Å². The second kappa shape index (κ2) is 8.55. The van der Waals surface area contributed by atoms with Crippen molar-refractivity contribution in [3.05, 3.63) is 100 Å². The number of benzene rings is 3. The van der Waals surface area contributed by atoms with Crippen LogP contribution in [0.15, 0.2) is 88.6 Å². The Labute approximate surface area is 179 Å². The predicted octanol–water partition coefficient (Wildman–Crippen LogP) is 4.38. The van der Waals surface area contributed by atoms with Crippen molar-refractivity contribution < 1.29 is 4.79 Å². The van der Waals surface area contributed by atoms with Gasteiger partial charge in [-0.05, 0) is 42.2 Å². The maximum atomic E-state index is 13.3. The van der Waals surface area contributed by atoms with E-state index in [0.717, 1.165) is 5.56 Å². The number of carbonyl (C=O) groups excluding carboxylic acids is 1. The van der Waals surface area contributed by atoms with Gasteiger partial charge in [-0.1, -0.05) is 48.5 Å². The highest BCUT2D eigenvalue weighted by molar-refractivity contribution is 7.98. The Hall–Kier alpha value is -3.38. The van der Waals surface area contributed by atoms with Gasteiger partial charge >= 0.3 is 0 Å². The summed E-state index contributed by atoms with van der Waals surface area (Å²) in [4.78, 5) is 29.1. The Morgan fingerprint density at radius 2 is 1.57 bits per heavy atom. The topological polar surface area (TPSA) is 55.2 Å². The van der Waals surface area contributed by atoms with Crippen LogP contribution < -0.4 is 5.56 Å². The molecule has 0 bridgehead atoms. The average molecular weight is 416 g/mol. The standard InChI is InChI=1S/C24H21N3O2S/c1-26(16-17-12-14-19(30-2)15-13-17)24(29)22-20-10-6-7-11-21(20)23(28)27(25-22)18-8-4-3-5-9-18/h3-15H,16H2,1-2H3. The summed E-state index contributed by atoms with van der Waals surface area (Å²) in [7, 11) is 1.75. The molecule has 0 spiro atoms. The molecule has 0 saturated heterocycles. The minimum atomic E-state index is -0.247. The lowest BCUT2D eigenvalue weighted by Gasteiger charge is -2.19. The number of fused-ring (bicyclic) bond motifs is 1. The van der Waals surface area contributed by atoms with E-state index in [2.05, 4.69) is 5.10 Å². The Balaban J connectivity index is 1.76. The van der Waals surface area contributed by atoms with E-state index in [1.165, 1.54) is 9.58 Å². The minimum absolute atomic E-state index is 0.232. The number of thioether (sulfide) groups is 1. The molecule has 4 rings (SSSR count). The molecule has 1 aromatic heterocycles. The third-order valence-electron chi connectivity index (χ3n) is 4.93. The lowest BCUT2D eigenvalue weighted by molar-refractivity contribution is 0.0779. The molecular formula is C24H21N3O2S. The highest BCUT2D eigenvalue weighted by atomic mass is 32.2. The first-order valence-electron chi connectivity index (χ1n) is 9.54. The van der Waals surface area contributed by atoms with E-state index >= 15 is 0 Å². The molecule has 0 N–H and O–H groups in total. The molecular weight excluding hydrogens is 394 g/mol. The molecule has 0 fully saturated rings. The molecule has 6 heteroatoms. The molecule has 0 aliphatic heterocycles. The summed E-state index contributed by atoms with van der Waals surface area (Å²) in [6.45, 7) is 0.452. The van der Waals surface area contributed by atoms with Crippen LogP contribution in [0.3, 0.4) is 0 Å². The van der Waals surface area contributed by atoms with Crippen molar-refractivity contribution >= 4 is 28.4 Å². The molecule has 0 saturated carbocycles. The van der Waals surface area contributed by atoms with Crippen LogP contribution in [0, 0.1) is 0 Å². The highest BCUT2D eigenvalue weighted by Gasteiger charge is 2.20. The number of carbonyl (C=O) groups is 1. The van der Waals surface area contributed by atoms with Gasteiger partial charge in [-0.2, -0.15) is 9.78 Å². The van der Waals surface area contributed by atoms with Gasteiger partial charge in [-0.3, -0.25) is 9.59 Å². The number of hydrogen-bond donors (Lipinski definition) is 0. The second-order valence-electron chi connectivity index (χ2n) is 6.96. The van der Waals surface area contributed by atoms with E-state index in [-0.39, 0.29) is 17.2 Å². The summed E-state index contributed by atoms with van der Waals surface area (Å²) in [5.41, 5.74) is 1.67. The molecule has 30 heavy (non-hydrogen) atoms. The lowest BCUT2D eigenvalue weighted by Crippen LogP contribution is -2.31. The Morgan fingerprint density at radius 1 is 0.933 bits per heavy atom. The van der Waals surface area contributed by atoms with Crippen LogP contribution in [0.5, 0.6) is 0 Å². The summed E-state index contributed by atoms with van der Waals surface area (Å²) in [5, 5.41) is 5.50. The zero-order chi connectivity index (χ0) is 21.1. The Morgan fingerprint density at radius 3 is 2.23 bits per heavy atom.